The van der Waals surface area contributed by atoms with Crippen molar-refractivity contribution < 1.29 is 8.42 Å². The van der Waals surface area contributed by atoms with E-state index in [2.05, 4.69) is 9.71 Å². The number of halogens is 1. The van der Waals surface area contributed by atoms with Gasteiger partial charge in [-0.25, -0.2) is 18.1 Å². The molecular formula is C10H17ClN4O2S. The van der Waals surface area contributed by atoms with Crippen LogP contribution < -0.4 is 10.5 Å². The molecular weight excluding hydrogens is 276 g/mol. The maximum atomic E-state index is 12.0. The van der Waals surface area contributed by atoms with E-state index in [1.165, 1.54) is 12.3 Å². The largest absolute Gasteiger partial charge is 0.382 e. The SMILES string of the molecule is CC(CN(C)C)NS(=O)(=O)c1cnc(N)c(Cl)c1. The van der Waals surface area contributed by atoms with Crippen LogP contribution in [0, 0.1) is 0 Å². The Morgan fingerprint density at radius 2 is 2.17 bits per heavy atom. The molecule has 0 saturated heterocycles. The number of nitrogen functional groups attached to an aromatic ring is 1. The molecule has 6 nitrogen and oxygen atoms in total. The van der Waals surface area contributed by atoms with Crippen LogP contribution in [0.15, 0.2) is 17.2 Å². The average molecular weight is 293 g/mol. The summed E-state index contributed by atoms with van der Waals surface area (Å²) in [6, 6.07) is 1.07. The number of nitrogens with zero attached hydrogens (tertiary/aromatic N) is 2. The monoisotopic (exact) mass is 292 g/mol. The fourth-order valence-corrected chi connectivity index (χ4v) is 2.93. The maximum absolute atomic E-state index is 12.0. The van der Waals surface area contributed by atoms with E-state index in [0.29, 0.717) is 6.54 Å². The van der Waals surface area contributed by atoms with Crippen LogP contribution in [0.3, 0.4) is 0 Å². The zero-order valence-electron chi connectivity index (χ0n) is 10.5. The van der Waals surface area contributed by atoms with E-state index in [1.54, 1.807) is 6.92 Å². The zero-order chi connectivity index (χ0) is 13.9. The van der Waals surface area contributed by atoms with Gasteiger partial charge in [-0.05, 0) is 27.1 Å². The highest BCUT2D eigenvalue weighted by molar-refractivity contribution is 7.89. The Kier molecular flexibility index (Phi) is 4.92. The van der Waals surface area contributed by atoms with Crippen LogP contribution >= 0.6 is 11.6 Å². The molecule has 0 amide bonds. The summed E-state index contributed by atoms with van der Waals surface area (Å²) >= 11 is 5.75. The van der Waals surface area contributed by atoms with Crippen molar-refractivity contribution in [3.05, 3.63) is 17.3 Å². The number of aromatic nitrogens is 1. The molecule has 0 radical (unpaired) electrons. The van der Waals surface area contributed by atoms with Gasteiger partial charge in [-0.1, -0.05) is 11.6 Å². The number of rotatable bonds is 5. The van der Waals surface area contributed by atoms with Crippen molar-refractivity contribution in [2.75, 3.05) is 26.4 Å². The van der Waals surface area contributed by atoms with Crippen molar-refractivity contribution >= 4 is 27.4 Å². The lowest BCUT2D eigenvalue weighted by atomic mass is 10.3. The number of hydrogen-bond donors (Lipinski definition) is 2. The van der Waals surface area contributed by atoms with Crippen molar-refractivity contribution in [3.8, 4) is 0 Å². The maximum Gasteiger partial charge on any atom is 0.242 e. The van der Waals surface area contributed by atoms with Gasteiger partial charge in [0.15, 0.2) is 0 Å². The summed E-state index contributed by atoms with van der Waals surface area (Å²) in [4.78, 5) is 5.63. The smallest absolute Gasteiger partial charge is 0.242 e. The summed E-state index contributed by atoms with van der Waals surface area (Å²) in [6.07, 6.45) is 1.19. The minimum absolute atomic E-state index is 0.00676. The van der Waals surface area contributed by atoms with Crippen LogP contribution in [-0.2, 0) is 10.0 Å². The second-order valence-corrected chi connectivity index (χ2v) is 6.44. The van der Waals surface area contributed by atoms with Crippen molar-refractivity contribution in [2.45, 2.75) is 17.9 Å². The first-order valence-electron chi connectivity index (χ1n) is 5.30. The Bertz CT molecular complexity index is 519. The van der Waals surface area contributed by atoms with Crippen LogP contribution in [-0.4, -0.2) is 45.0 Å². The number of sulfonamides is 1. The van der Waals surface area contributed by atoms with E-state index >= 15 is 0 Å². The average Bonchev–Trinajstić information content (AvgIpc) is 2.19. The molecule has 3 N–H and O–H groups in total. The van der Waals surface area contributed by atoms with Gasteiger partial charge in [-0.2, -0.15) is 0 Å². The highest BCUT2D eigenvalue weighted by Gasteiger charge is 2.19. The molecule has 0 aliphatic carbocycles. The number of likely N-dealkylation sites (N-methyl/N-ethyl adjacent to an activating group) is 1. The molecule has 1 aromatic rings. The second-order valence-electron chi connectivity index (χ2n) is 4.32. The van der Waals surface area contributed by atoms with E-state index in [1.807, 2.05) is 19.0 Å². The van der Waals surface area contributed by atoms with Gasteiger partial charge in [0, 0.05) is 18.8 Å². The molecule has 18 heavy (non-hydrogen) atoms. The summed E-state index contributed by atoms with van der Waals surface area (Å²) in [6.45, 7) is 2.37. The summed E-state index contributed by atoms with van der Waals surface area (Å²) in [5.41, 5.74) is 5.43. The first-order valence-corrected chi connectivity index (χ1v) is 7.16. The van der Waals surface area contributed by atoms with Crippen LogP contribution in [0.5, 0.6) is 0 Å². The minimum atomic E-state index is -3.62. The normalized spacial score (nSPS) is 13.8. The van der Waals surface area contributed by atoms with Crippen LogP contribution in [0.1, 0.15) is 6.92 Å². The van der Waals surface area contributed by atoms with Crippen molar-refractivity contribution in [3.63, 3.8) is 0 Å². The predicted molar refractivity (Wildman–Crippen MR) is 72.0 cm³/mol. The molecule has 0 saturated carbocycles. The molecule has 102 valence electrons. The highest BCUT2D eigenvalue weighted by Crippen LogP contribution is 2.19. The number of hydrogen-bond acceptors (Lipinski definition) is 5. The molecule has 0 bridgehead atoms. The third-order valence-electron chi connectivity index (χ3n) is 2.15. The van der Waals surface area contributed by atoms with Crippen molar-refractivity contribution in [1.82, 2.24) is 14.6 Å². The third kappa shape index (κ3) is 4.09. The summed E-state index contributed by atoms with van der Waals surface area (Å²) in [5, 5.41) is 0.123. The van der Waals surface area contributed by atoms with E-state index in [0.717, 1.165) is 0 Å². The molecule has 8 heteroatoms. The number of anilines is 1. The van der Waals surface area contributed by atoms with Crippen LogP contribution in [0.4, 0.5) is 5.82 Å². The molecule has 0 fully saturated rings. The van der Waals surface area contributed by atoms with Gasteiger partial charge in [-0.15, -0.1) is 0 Å². The predicted octanol–water partition coefficient (Wildman–Crippen LogP) is 0.546. The Labute approximate surface area is 112 Å². The van der Waals surface area contributed by atoms with Crippen molar-refractivity contribution in [1.29, 1.82) is 0 Å². The van der Waals surface area contributed by atoms with Gasteiger partial charge in [0.05, 0.1) is 5.02 Å². The highest BCUT2D eigenvalue weighted by atomic mass is 35.5. The molecule has 0 aliphatic rings. The summed E-state index contributed by atoms with van der Waals surface area (Å²) in [7, 11) is 0.111. The van der Waals surface area contributed by atoms with E-state index in [-0.39, 0.29) is 21.8 Å². The van der Waals surface area contributed by atoms with Crippen LogP contribution in [0.25, 0.3) is 0 Å². The molecule has 1 atom stereocenters. The quantitative estimate of drug-likeness (QED) is 0.827. The molecule has 1 aromatic heterocycles. The molecule has 0 spiro atoms. The lowest BCUT2D eigenvalue weighted by Crippen LogP contribution is -2.39. The van der Waals surface area contributed by atoms with Gasteiger partial charge in [0.25, 0.3) is 0 Å². The van der Waals surface area contributed by atoms with Gasteiger partial charge in [0.1, 0.15) is 10.7 Å². The first-order chi connectivity index (χ1) is 8.22. The summed E-state index contributed by atoms with van der Waals surface area (Å²) < 4.78 is 26.6. The first kappa shape index (κ1) is 15.2. The Balaban J connectivity index is 2.89. The van der Waals surface area contributed by atoms with E-state index < -0.39 is 10.0 Å². The Hall–Kier alpha value is -0.890. The fourth-order valence-electron chi connectivity index (χ4n) is 1.50. The number of nitrogens with two attached hydrogens (primary N) is 1. The van der Waals surface area contributed by atoms with Gasteiger partial charge in [0.2, 0.25) is 10.0 Å². The fraction of sp³-hybridized carbons (Fsp3) is 0.500. The number of pyridine rings is 1. The van der Waals surface area contributed by atoms with E-state index in [4.69, 9.17) is 17.3 Å². The molecule has 0 aliphatic heterocycles. The Morgan fingerprint density at radius 1 is 1.56 bits per heavy atom. The van der Waals surface area contributed by atoms with Crippen molar-refractivity contribution in [2.24, 2.45) is 0 Å². The lowest BCUT2D eigenvalue weighted by molar-refractivity contribution is 0.370. The van der Waals surface area contributed by atoms with Gasteiger partial charge >= 0.3 is 0 Å². The topological polar surface area (TPSA) is 88.3 Å². The van der Waals surface area contributed by atoms with Gasteiger partial charge < -0.3 is 10.6 Å². The van der Waals surface area contributed by atoms with Crippen LogP contribution in [0.2, 0.25) is 5.02 Å². The molecule has 1 unspecified atom stereocenters. The zero-order valence-corrected chi connectivity index (χ0v) is 12.1. The standard InChI is InChI=1S/C10H17ClN4O2S/c1-7(6-15(2)3)14-18(16,17)8-4-9(11)10(12)13-5-8/h4-5,7,14H,6H2,1-3H3,(H2,12,13). The van der Waals surface area contributed by atoms with E-state index in [9.17, 15) is 8.42 Å². The molecule has 1 heterocycles. The Morgan fingerprint density at radius 3 is 2.67 bits per heavy atom. The molecule has 1 rings (SSSR count). The lowest BCUT2D eigenvalue weighted by Gasteiger charge is -2.18. The summed E-state index contributed by atoms with van der Waals surface area (Å²) in [5.74, 6) is 0.108. The molecule has 0 aromatic carbocycles. The van der Waals surface area contributed by atoms with Gasteiger partial charge in [-0.3, -0.25) is 0 Å². The minimum Gasteiger partial charge on any atom is -0.382 e. The number of nitrogens with one attached hydrogen (secondary N) is 1. The second kappa shape index (κ2) is 5.83. The third-order valence-corrected chi connectivity index (χ3v) is 4.01.